The Morgan fingerprint density at radius 2 is 1.81 bits per heavy atom. The average molecular weight is 383 g/mol. The quantitative estimate of drug-likeness (QED) is 0.647. The topological polar surface area (TPSA) is 55.4 Å². The van der Waals surface area contributed by atoms with Crippen molar-refractivity contribution in [2.75, 3.05) is 6.61 Å². The van der Waals surface area contributed by atoms with Crippen molar-refractivity contribution in [2.24, 2.45) is 0 Å². The third-order valence-electron chi connectivity index (χ3n) is 4.04. The van der Waals surface area contributed by atoms with Crippen molar-refractivity contribution in [3.63, 3.8) is 0 Å². The first-order valence-electron chi connectivity index (χ1n) is 8.35. The largest absolute Gasteiger partial charge is 0.452 e. The van der Waals surface area contributed by atoms with Crippen LogP contribution in [0.25, 0.3) is 0 Å². The van der Waals surface area contributed by atoms with Crippen LogP contribution < -0.4 is 5.32 Å². The van der Waals surface area contributed by atoms with Crippen LogP contribution in [0.4, 0.5) is 4.39 Å². The number of halogens is 1. The molecule has 4 nitrogen and oxygen atoms in total. The zero-order valence-corrected chi connectivity index (χ0v) is 15.5. The van der Waals surface area contributed by atoms with Crippen molar-refractivity contribution in [1.29, 1.82) is 0 Å². The summed E-state index contributed by atoms with van der Waals surface area (Å²) in [7, 11) is 0. The Bertz CT molecular complexity index is 923. The number of aryl methyl sites for hydroxylation is 1. The third kappa shape index (κ3) is 4.80. The van der Waals surface area contributed by atoms with Crippen LogP contribution in [0.2, 0.25) is 0 Å². The van der Waals surface area contributed by atoms with Gasteiger partial charge in [0, 0.05) is 4.88 Å². The molecule has 1 heterocycles. The molecule has 1 aromatic heterocycles. The minimum atomic E-state index is -0.544. The number of carbonyl (C=O) groups excluding carboxylic acids is 2. The molecule has 0 saturated carbocycles. The van der Waals surface area contributed by atoms with E-state index in [0.717, 1.165) is 16.0 Å². The third-order valence-corrected chi connectivity index (χ3v) is 4.97. The molecule has 27 heavy (non-hydrogen) atoms. The first-order chi connectivity index (χ1) is 13.0. The minimum absolute atomic E-state index is 0.345. The van der Waals surface area contributed by atoms with Gasteiger partial charge >= 0.3 is 5.97 Å². The molecule has 6 heteroatoms. The lowest BCUT2D eigenvalue weighted by Crippen LogP contribution is -2.32. The Balaban J connectivity index is 1.67. The van der Waals surface area contributed by atoms with Crippen molar-refractivity contribution in [2.45, 2.75) is 13.0 Å². The van der Waals surface area contributed by atoms with Gasteiger partial charge in [-0.3, -0.25) is 4.79 Å². The number of carbonyl (C=O) groups is 2. The summed E-state index contributed by atoms with van der Waals surface area (Å²) < 4.78 is 18.4. The Morgan fingerprint density at radius 3 is 2.48 bits per heavy atom. The van der Waals surface area contributed by atoms with Crippen LogP contribution in [-0.4, -0.2) is 18.5 Å². The maximum Gasteiger partial charge on any atom is 0.338 e. The summed E-state index contributed by atoms with van der Waals surface area (Å²) in [4.78, 5) is 25.4. The lowest BCUT2D eigenvalue weighted by molar-refractivity contribution is -0.124. The maximum absolute atomic E-state index is 13.2. The highest BCUT2D eigenvalue weighted by atomic mass is 32.1. The summed E-state index contributed by atoms with van der Waals surface area (Å²) in [6, 6.07) is 16.3. The summed E-state index contributed by atoms with van der Waals surface area (Å²) in [6.07, 6.45) is 0. The molecule has 1 N–H and O–H groups in total. The summed E-state index contributed by atoms with van der Waals surface area (Å²) in [5.74, 6) is -1.32. The predicted octanol–water partition coefficient (Wildman–Crippen LogP) is 4.26. The minimum Gasteiger partial charge on any atom is -0.452 e. The molecule has 0 aliphatic heterocycles. The van der Waals surface area contributed by atoms with E-state index in [1.165, 1.54) is 23.5 Å². The molecule has 1 atom stereocenters. The van der Waals surface area contributed by atoms with Gasteiger partial charge in [0.2, 0.25) is 0 Å². The van der Waals surface area contributed by atoms with Gasteiger partial charge in [0.25, 0.3) is 5.91 Å². The van der Waals surface area contributed by atoms with Crippen LogP contribution in [0.5, 0.6) is 0 Å². The number of thiophene rings is 1. The molecule has 0 spiro atoms. The molecule has 138 valence electrons. The molecule has 0 fully saturated rings. The number of amides is 1. The van der Waals surface area contributed by atoms with Crippen molar-refractivity contribution < 1.29 is 18.7 Å². The van der Waals surface area contributed by atoms with Gasteiger partial charge in [0.05, 0.1) is 11.6 Å². The van der Waals surface area contributed by atoms with E-state index in [2.05, 4.69) is 5.32 Å². The van der Waals surface area contributed by atoms with Gasteiger partial charge in [0.15, 0.2) is 6.61 Å². The number of benzene rings is 2. The Hall–Kier alpha value is -2.99. The number of rotatable bonds is 6. The summed E-state index contributed by atoms with van der Waals surface area (Å²) in [6.45, 7) is 1.41. The summed E-state index contributed by atoms with van der Waals surface area (Å²) >= 11 is 1.48. The Morgan fingerprint density at radius 1 is 1.07 bits per heavy atom. The van der Waals surface area contributed by atoms with Crippen LogP contribution in [0, 0.1) is 12.7 Å². The fourth-order valence-electron chi connectivity index (χ4n) is 2.64. The first kappa shape index (κ1) is 18.8. The Labute approximate surface area is 160 Å². The maximum atomic E-state index is 13.2. The second-order valence-corrected chi connectivity index (χ2v) is 6.94. The second kappa shape index (κ2) is 8.60. The van der Waals surface area contributed by atoms with E-state index in [1.54, 1.807) is 37.3 Å². The van der Waals surface area contributed by atoms with Gasteiger partial charge in [-0.2, -0.15) is 0 Å². The highest BCUT2D eigenvalue weighted by Crippen LogP contribution is 2.26. The number of esters is 1. The lowest BCUT2D eigenvalue weighted by Gasteiger charge is -2.18. The highest BCUT2D eigenvalue weighted by Gasteiger charge is 2.19. The molecule has 0 radical (unpaired) electrons. The van der Waals surface area contributed by atoms with E-state index in [4.69, 9.17) is 4.74 Å². The van der Waals surface area contributed by atoms with Gasteiger partial charge in [-0.25, -0.2) is 9.18 Å². The molecule has 2 aromatic carbocycles. The van der Waals surface area contributed by atoms with E-state index in [1.807, 2.05) is 23.6 Å². The molecule has 0 unspecified atom stereocenters. The van der Waals surface area contributed by atoms with Crippen LogP contribution in [0.1, 0.15) is 32.4 Å². The molecule has 0 saturated heterocycles. The summed E-state index contributed by atoms with van der Waals surface area (Å²) in [5.41, 5.74) is 1.96. The van der Waals surface area contributed by atoms with E-state index in [9.17, 15) is 14.0 Å². The zero-order valence-electron chi connectivity index (χ0n) is 14.6. The zero-order chi connectivity index (χ0) is 19.2. The standard InChI is InChI=1S/C21H18FNO3S/c1-14-5-2-3-6-17(14)21(25)26-13-19(24)23-20(18-7-4-12-27-18)15-8-10-16(22)11-9-15/h2-12,20H,13H2,1H3,(H,23,24)/t20-/m0/s1. The summed E-state index contributed by atoms with van der Waals surface area (Å²) in [5, 5.41) is 4.75. The molecular weight excluding hydrogens is 365 g/mol. The number of ether oxygens (including phenoxy) is 1. The van der Waals surface area contributed by atoms with E-state index in [-0.39, 0.29) is 5.82 Å². The molecule has 0 aliphatic carbocycles. The van der Waals surface area contributed by atoms with Crippen LogP contribution >= 0.6 is 11.3 Å². The fourth-order valence-corrected chi connectivity index (χ4v) is 3.45. The van der Waals surface area contributed by atoms with Gasteiger partial charge in [-0.15, -0.1) is 11.3 Å². The van der Waals surface area contributed by atoms with Crippen molar-refractivity contribution in [3.8, 4) is 0 Å². The van der Waals surface area contributed by atoms with Crippen LogP contribution in [0.3, 0.4) is 0 Å². The molecule has 0 bridgehead atoms. The second-order valence-electron chi connectivity index (χ2n) is 5.96. The molecule has 0 aliphatic rings. The number of hydrogen-bond acceptors (Lipinski definition) is 4. The van der Waals surface area contributed by atoms with Gasteiger partial charge in [0.1, 0.15) is 5.82 Å². The SMILES string of the molecule is Cc1ccccc1C(=O)OCC(=O)N[C@@H](c1ccc(F)cc1)c1cccs1. The normalized spacial score (nSPS) is 11.6. The van der Waals surface area contributed by atoms with Crippen molar-refractivity contribution >= 4 is 23.2 Å². The fraction of sp³-hybridized carbons (Fsp3) is 0.143. The van der Waals surface area contributed by atoms with E-state index in [0.29, 0.717) is 5.56 Å². The van der Waals surface area contributed by atoms with Crippen molar-refractivity contribution in [3.05, 3.63) is 93.4 Å². The smallest absolute Gasteiger partial charge is 0.338 e. The average Bonchev–Trinajstić information content (AvgIpc) is 3.20. The molecule has 3 rings (SSSR count). The molecule has 1 amide bonds. The highest BCUT2D eigenvalue weighted by molar-refractivity contribution is 7.10. The predicted molar refractivity (Wildman–Crippen MR) is 102 cm³/mol. The molecule has 3 aromatic rings. The lowest BCUT2D eigenvalue weighted by atomic mass is 10.1. The number of nitrogens with one attached hydrogen (secondary N) is 1. The van der Waals surface area contributed by atoms with Crippen LogP contribution in [-0.2, 0) is 9.53 Å². The van der Waals surface area contributed by atoms with E-state index >= 15 is 0 Å². The van der Waals surface area contributed by atoms with Gasteiger partial charge in [-0.05, 0) is 47.7 Å². The molecular formula is C21H18FNO3S. The van der Waals surface area contributed by atoms with Gasteiger partial charge in [-0.1, -0.05) is 36.4 Å². The van der Waals surface area contributed by atoms with Gasteiger partial charge < -0.3 is 10.1 Å². The van der Waals surface area contributed by atoms with Crippen molar-refractivity contribution in [1.82, 2.24) is 5.32 Å². The Kier molecular flexibility index (Phi) is 5.98. The first-order valence-corrected chi connectivity index (χ1v) is 9.23. The van der Waals surface area contributed by atoms with E-state index < -0.39 is 24.5 Å². The van der Waals surface area contributed by atoms with Crippen LogP contribution in [0.15, 0.2) is 66.0 Å². The monoisotopic (exact) mass is 383 g/mol. The number of hydrogen-bond donors (Lipinski definition) is 1.